The molecular formula is C10H13F2NO. The van der Waals surface area contributed by atoms with Gasteiger partial charge in [0.1, 0.15) is 0 Å². The molecule has 0 atom stereocenters. The van der Waals surface area contributed by atoms with Crippen LogP contribution in [-0.4, -0.2) is 11.6 Å². The fraction of sp³-hybridized carbons (Fsp3) is 0.500. The lowest BCUT2D eigenvalue weighted by Gasteiger charge is -2.11. The lowest BCUT2D eigenvalue weighted by Crippen LogP contribution is -2.05. The Morgan fingerprint density at radius 2 is 2.00 bits per heavy atom. The largest absolute Gasteiger partial charge is 0.417 e. The van der Waals surface area contributed by atoms with Crippen LogP contribution in [0.15, 0.2) is 12.3 Å². The summed E-state index contributed by atoms with van der Waals surface area (Å²) >= 11 is 0. The van der Waals surface area contributed by atoms with Gasteiger partial charge in [-0.1, -0.05) is 13.8 Å². The first-order valence-corrected chi connectivity index (χ1v) is 4.42. The van der Waals surface area contributed by atoms with E-state index in [2.05, 4.69) is 9.72 Å². The van der Waals surface area contributed by atoms with Crippen molar-refractivity contribution in [3.63, 3.8) is 0 Å². The molecule has 0 bridgehead atoms. The molecule has 0 spiro atoms. The van der Waals surface area contributed by atoms with Crippen molar-refractivity contribution in [2.45, 2.75) is 33.3 Å². The first-order valence-electron chi connectivity index (χ1n) is 4.42. The van der Waals surface area contributed by atoms with E-state index >= 15 is 0 Å². The van der Waals surface area contributed by atoms with Crippen molar-refractivity contribution >= 4 is 0 Å². The monoisotopic (exact) mass is 201 g/mol. The Morgan fingerprint density at radius 3 is 2.50 bits per heavy atom. The number of aryl methyl sites for hydroxylation is 1. The van der Waals surface area contributed by atoms with E-state index < -0.39 is 6.61 Å². The number of pyridine rings is 1. The van der Waals surface area contributed by atoms with Gasteiger partial charge in [-0.2, -0.15) is 8.78 Å². The molecule has 0 aromatic carbocycles. The molecule has 1 aromatic rings. The van der Waals surface area contributed by atoms with Gasteiger partial charge in [-0.25, -0.2) is 4.98 Å². The van der Waals surface area contributed by atoms with E-state index in [4.69, 9.17) is 0 Å². The highest BCUT2D eigenvalue weighted by atomic mass is 19.3. The summed E-state index contributed by atoms with van der Waals surface area (Å²) < 4.78 is 28.0. The minimum absolute atomic E-state index is 0.0192. The van der Waals surface area contributed by atoms with Gasteiger partial charge in [-0.3, -0.25) is 0 Å². The number of ether oxygens (including phenoxy) is 1. The third kappa shape index (κ3) is 2.65. The number of aromatic nitrogens is 1. The summed E-state index contributed by atoms with van der Waals surface area (Å²) in [7, 11) is 0. The van der Waals surface area contributed by atoms with E-state index in [0.717, 1.165) is 11.1 Å². The number of hydrogen-bond donors (Lipinski definition) is 0. The highest BCUT2D eigenvalue weighted by Crippen LogP contribution is 2.22. The zero-order chi connectivity index (χ0) is 10.7. The third-order valence-electron chi connectivity index (χ3n) is 1.95. The fourth-order valence-corrected chi connectivity index (χ4v) is 1.30. The van der Waals surface area contributed by atoms with Crippen molar-refractivity contribution in [1.29, 1.82) is 0 Å². The summed E-state index contributed by atoms with van der Waals surface area (Å²) in [5.74, 6) is 0.257. The van der Waals surface area contributed by atoms with Crippen LogP contribution in [0.4, 0.5) is 8.78 Å². The SMILES string of the molecule is Cc1cnc(OC(F)F)cc1C(C)C. The van der Waals surface area contributed by atoms with Gasteiger partial charge < -0.3 is 4.74 Å². The summed E-state index contributed by atoms with van der Waals surface area (Å²) in [5, 5.41) is 0. The average molecular weight is 201 g/mol. The quantitative estimate of drug-likeness (QED) is 0.749. The molecular weight excluding hydrogens is 188 g/mol. The first-order chi connectivity index (χ1) is 6.50. The number of alkyl halides is 2. The third-order valence-corrected chi connectivity index (χ3v) is 1.95. The number of nitrogens with zero attached hydrogens (tertiary/aromatic N) is 1. The minimum atomic E-state index is -2.81. The molecule has 0 aliphatic rings. The lowest BCUT2D eigenvalue weighted by atomic mass is 10.0. The molecule has 1 heterocycles. The van der Waals surface area contributed by atoms with Crippen LogP contribution in [0.2, 0.25) is 0 Å². The summed E-state index contributed by atoms with van der Waals surface area (Å²) in [6.45, 7) is 3.07. The molecule has 0 radical (unpaired) electrons. The standard InChI is InChI=1S/C10H13F2NO/c1-6(2)8-4-9(14-10(11)12)13-5-7(8)3/h4-6,10H,1-3H3. The molecule has 0 fully saturated rings. The number of halogens is 2. The molecule has 78 valence electrons. The van der Waals surface area contributed by atoms with Crippen LogP contribution in [0, 0.1) is 6.92 Å². The smallest absolute Gasteiger partial charge is 0.388 e. The average Bonchev–Trinajstić information content (AvgIpc) is 2.07. The number of hydrogen-bond acceptors (Lipinski definition) is 2. The first kappa shape index (κ1) is 10.9. The maximum atomic E-state index is 11.9. The molecule has 0 saturated carbocycles. The maximum Gasteiger partial charge on any atom is 0.388 e. The van der Waals surface area contributed by atoms with E-state index in [1.54, 1.807) is 12.3 Å². The molecule has 0 saturated heterocycles. The molecule has 0 N–H and O–H groups in total. The molecule has 0 amide bonds. The molecule has 4 heteroatoms. The van der Waals surface area contributed by atoms with Gasteiger partial charge >= 0.3 is 6.61 Å². The molecule has 1 aromatic heterocycles. The Morgan fingerprint density at radius 1 is 1.36 bits per heavy atom. The van der Waals surface area contributed by atoms with Gasteiger partial charge in [-0.05, 0) is 24.0 Å². The van der Waals surface area contributed by atoms with E-state index in [-0.39, 0.29) is 11.8 Å². The summed E-state index contributed by atoms with van der Waals surface area (Å²) in [6, 6.07) is 1.56. The zero-order valence-electron chi connectivity index (χ0n) is 8.42. The predicted octanol–water partition coefficient (Wildman–Crippen LogP) is 3.11. The Kier molecular flexibility index (Phi) is 3.38. The van der Waals surface area contributed by atoms with Crippen LogP contribution >= 0.6 is 0 Å². The van der Waals surface area contributed by atoms with Crippen molar-refractivity contribution in [2.24, 2.45) is 0 Å². The summed E-state index contributed by atoms with van der Waals surface area (Å²) in [4.78, 5) is 3.76. The van der Waals surface area contributed by atoms with E-state index in [1.165, 1.54) is 0 Å². The molecule has 14 heavy (non-hydrogen) atoms. The predicted molar refractivity (Wildman–Crippen MR) is 49.7 cm³/mol. The summed E-state index contributed by atoms with van der Waals surface area (Å²) in [5.41, 5.74) is 1.97. The van der Waals surface area contributed by atoms with Crippen LogP contribution in [0.3, 0.4) is 0 Å². The Labute approximate surface area is 81.9 Å². The van der Waals surface area contributed by atoms with Crippen molar-refractivity contribution in [3.05, 3.63) is 23.4 Å². The van der Waals surface area contributed by atoms with Crippen LogP contribution in [0.1, 0.15) is 30.9 Å². The fourth-order valence-electron chi connectivity index (χ4n) is 1.30. The molecule has 0 unspecified atom stereocenters. The minimum Gasteiger partial charge on any atom is -0.417 e. The van der Waals surface area contributed by atoms with E-state index in [9.17, 15) is 8.78 Å². The van der Waals surface area contributed by atoms with Crippen molar-refractivity contribution in [3.8, 4) is 5.88 Å². The van der Waals surface area contributed by atoms with Crippen molar-refractivity contribution in [1.82, 2.24) is 4.98 Å². The summed E-state index contributed by atoms with van der Waals surface area (Å²) in [6.07, 6.45) is 1.55. The Balaban J connectivity index is 2.94. The van der Waals surface area contributed by atoms with Gasteiger partial charge in [0.15, 0.2) is 0 Å². The number of rotatable bonds is 3. The van der Waals surface area contributed by atoms with Gasteiger partial charge in [0, 0.05) is 12.3 Å². The Bertz CT molecular complexity index is 313. The van der Waals surface area contributed by atoms with Crippen LogP contribution in [-0.2, 0) is 0 Å². The zero-order valence-corrected chi connectivity index (χ0v) is 8.42. The lowest BCUT2D eigenvalue weighted by molar-refractivity contribution is -0.0529. The van der Waals surface area contributed by atoms with Crippen LogP contribution in [0.25, 0.3) is 0 Å². The van der Waals surface area contributed by atoms with Gasteiger partial charge in [-0.15, -0.1) is 0 Å². The van der Waals surface area contributed by atoms with Gasteiger partial charge in [0.25, 0.3) is 0 Å². The van der Waals surface area contributed by atoms with Crippen molar-refractivity contribution in [2.75, 3.05) is 0 Å². The highest BCUT2D eigenvalue weighted by Gasteiger charge is 2.09. The maximum absolute atomic E-state index is 11.9. The van der Waals surface area contributed by atoms with Crippen molar-refractivity contribution < 1.29 is 13.5 Å². The molecule has 1 rings (SSSR count). The molecule has 0 aliphatic carbocycles. The van der Waals surface area contributed by atoms with Crippen LogP contribution < -0.4 is 4.74 Å². The second kappa shape index (κ2) is 4.35. The highest BCUT2D eigenvalue weighted by molar-refractivity contribution is 5.30. The topological polar surface area (TPSA) is 22.1 Å². The molecule has 2 nitrogen and oxygen atoms in total. The van der Waals surface area contributed by atoms with Crippen LogP contribution in [0.5, 0.6) is 5.88 Å². The van der Waals surface area contributed by atoms with E-state index in [0.29, 0.717) is 0 Å². The van der Waals surface area contributed by atoms with Gasteiger partial charge in [0.05, 0.1) is 0 Å². The van der Waals surface area contributed by atoms with E-state index in [1.807, 2.05) is 20.8 Å². The second-order valence-electron chi connectivity index (χ2n) is 3.41. The van der Waals surface area contributed by atoms with Gasteiger partial charge in [0.2, 0.25) is 5.88 Å². The molecule has 0 aliphatic heterocycles. The second-order valence-corrected chi connectivity index (χ2v) is 3.41. The normalized spacial score (nSPS) is 11.1. The Hall–Kier alpha value is -1.19.